The molecule has 3 aromatic rings. The SMILES string of the molecule is CCn1c(C2=C(O)CN(c3cccc(C)c3)C2=N)nc2ccccc21. The molecule has 0 saturated carbocycles. The van der Waals surface area contributed by atoms with Gasteiger partial charge < -0.3 is 14.6 Å². The van der Waals surface area contributed by atoms with Gasteiger partial charge in [0.2, 0.25) is 0 Å². The first-order chi connectivity index (χ1) is 12.1. The van der Waals surface area contributed by atoms with Gasteiger partial charge in [0, 0.05) is 12.2 Å². The second-order valence-electron chi connectivity index (χ2n) is 6.26. The van der Waals surface area contributed by atoms with Gasteiger partial charge in [-0.15, -0.1) is 0 Å². The Hall–Kier alpha value is -3.08. The Labute approximate surface area is 146 Å². The number of hydrogen-bond donors (Lipinski definition) is 2. The largest absolute Gasteiger partial charge is 0.509 e. The van der Waals surface area contributed by atoms with Crippen molar-refractivity contribution in [3.63, 3.8) is 0 Å². The maximum atomic E-state index is 10.6. The summed E-state index contributed by atoms with van der Waals surface area (Å²) >= 11 is 0. The average Bonchev–Trinajstić information content (AvgIpc) is 3.11. The van der Waals surface area contributed by atoms with Crippen molar-refractivity contribution in [2.45, 2.75) is 20.4 Å². The summed E-state index contributed by atoms with van der Waals surface area (Å²) in [6, 6.07) is 15.9. The van der Waals surface area contributed by atoms with Crippen LogP contribution in [0.3, 0.4) is 0 Å². The van der Waals surface area contributed by atoms with Gasteiger partial charge in [-0.2, -0.15) is 0 Å². The third-order valence-electron chi connectivity index (χ3n) is 4.61. The number of nitrogens with zero attached hydrogens (tertiary/aromatic N) is 3. The number of hydrogen-bond acceptors (Lipinski definition) is 3. The first kappa shape index (κ1) is 15.4. The van der Waals surface area contributed by atoms with Gasteiger partial charge in [0.15, 0.2) is 0 Å². The Morgan fingerprint density at radius 3 is 2.72 bits per heavy atom. The molecule has 5 heteroatoms. The quantitative estimate of drug-likeness (QED) is 0.758. The van der Waals surface area contributed by atoms with E-state index in [0.29, 0.717) is 17.9 Å². The van der Waals surface area contributed by atoms with E-state index in [1.54, 1.807) is 0 Å². The number of aliphatic hydroxyl groups excluding tert-OH is 1. The maximum absolute atomic E-state index is 10.6. The fourth-order valence-electron chi connectivity index (χ4n) is 3.42. The summed E-state index contributed by atoms with van der Waals surface area (Å²) < 4.78 is 2.05. The highest BCUT2D eigenvalue weighted by atomic mass is 16.3. The maximum Gasteiger partial charge on any atom is 0.148 e. The van der Waals surface area contributed by atoms with Crippen molar-refractivity contribution in [3.05, 3.63) is 65.7 Å². The molecular weight excluding hydrogens is 312 g/mol. The Morgan fingerprint density at radius 2 is 1.96 bits per heavy atom. The number of aliphatic hydroxyl groups is 1. The van der Waals surface area contributed by atoms with E-state index in [2.05, 4.69) is 9.55 Å². The van der Waals surface area contributed by atoms with E-state index >= 15 is 0 Å². The van der Waals surface area contributed by atoms with Gasteiger partial charge in [0.1, 0.15) is 17.4 Å². The van der Waals surface area contributed by atoms with E-state index in [9.17, 15) is 5.11 Å². The second-order valence-corrected chi connectivity index (χ2v) is 6.26. The molecule has 0 amide bonds. The Bertz CT molecular complexity index is 1020. The molecule has 0 fully saturated rings. The molecule has 1 aromatic heterocycles. The van der Waals surface area contributed by atoms with E-state index in [1.165, 1.54) is 0 Å². The zero-order valence-corrected chi connectivity index (χ0v) is 14.3. The lowest BCUT2D eigenvalue weighted by Gasteiger charge is -2.19. The lowest BCUT2D eigenvalue weighted by atomic mass is 10.2. The molecule has 0 radical (unpaired) electrons. The average molecular weight is 332 g/mol. The van der Waals surface area contributed by atoms with Crippen molar-refractivity contribution in [1.29, 1.82) is 5.41 Å². The summed E-state index contributed by atoms with van der Waals surface area (Å²) in [4.78, 5) is 6.51. The number of amidine groups is 1. The number of nitrogens with one attached hydrogen (secondary N) is 1. The number of imidazole rings is 1. The summed E-state index contributed by atoms with van der Waals surface area (Å²) in [5.74, 6) is 1.13. The van der Waals surface area contributed by atoms with Crippen LogP contribution in [0.25, 0.3) is 16.6 Å². The van der Waals surface area contributed by atoms with Gasteiger partial charge in [-0.25, -0.2) is 4.98 Å². The van der Waals surface area contributed by atoms with Crippen LogP contribution >= 0.6 is 0 Å². The smallest absolute Gasteiger partial charge is 0.148 e. The number of benzene rings is 2. The third-order valence-corrected chi connectivity index (χ3v) is 4.61. The predicted octanol–water partition coefficient (Wildman–Crippen LogP) is 4.13. The van der Waals surface area contributed by atoms with Gasteiger partial charge >= 0.3 is 0 Å². The molecule has 5 nitrogen and oxygen atoms in total. The molecule has 126 valence electrons. The van der Waals surface area contributed by atoms with Gasteiger partial charge in [-0.1, -0.05) is 24.3 Å². The van der Waals surface area contributed by atoms with Crippen LogP contribution in [0.5, 0.6) is 0 Å². The van der Waals surface area contributed by atoms with E-state index in [-0.39, 0.29) is 11.6 Å². The molecular formula is C20H20N4O. The normalized spacial score (nSPS) is 14.8. The predicted molar refractivity (Wildman–Crippen MR) is 101 cm³/mol. The molecule has 1 aliphatic rings. The number of aryl methyl sites for hydroxylation is 2. The molecule has 0 saturated heterocycles. The van der Waals surface area contributed by atoms with Crippen LogP contribution in [0.2, 0.25) is 0 Å². The lowest BCUT2D eigenvalue weighted by Crippen LogP contribution is -2.26. The summed E-state index contributed by atoms with van der Waals surface area (Å²) in [7, 11) is 0. The van der Waals surface area contributed by atoms with Crippen LogP contribution in [0.4, 0.5) is 5.69 Å². The molecule has 2 aromatic carbocycles. The Morgan fingerprint density at radius 1 is 1.16 bits per heavy atom. The van der Waals surface area contributed by atoms with Gasteiger partial charge in [-0.05, 0) is 43.7 Å². The molecule has 2 N–H and O–H groups in total. The minimum Gasteiger partial charge on any atom is -0.509 e. The molecule has 0 bridgehead atoms. The topological polar surface area (TPSA) is 65.1 Å². The minimum absolute atomic E-state index is 0.191. The van der Waals surface area contributed by atoms with E-state index < -0.39 is 0 Å². The van der Waals surface area contributed by atoms with E-state index in [4.69, 9.17) is 5.41 Å². The van der Waals surface area contributed by atoms with Crippen molar-refractivity contribution >= 4 is 28.1 Å². The summed E-state index contributed by atoms with van der Waals surface area (Å²) in [6.45, 7) is 5.09. The van der Waals surface area contributed by atoms with Crippen LogP contribution < -0.4 is 4.90 Å². The number of aromatic nitrogens is 2. The van der Waals surface area contributed by atoms with Crippen LogP contribution in [0.1, 0.15) is 18.3 Å². The van der Waals surface area contributed by atoms with E-state index in [1.807, 2.05) is 67.3 Å². The molecule has 4 rings (SSSR count). The third kappa shape index (κ3) is 2.39. The van der Waals surface area contributed by atoms with Crippen molar-refractivity contribution in [1.82, 2.24) is 9.55 Å². The summed E-state index contributed by atoms with van der Waals surface area (Å²) in [6.07, 6.45) is 0. The molecule has 1 aliphatic heterocycles. The fourth-order valence-corrected chi connectivity index (χ4v) is 3.42. The molecule has 25 heavy (non-hydrogen) atoms. The summed E-state index contributed by atoms with van der Waals surface area (Å²) in [5.41, 5.74) is 4.44. The minimum atomic E-state index is 0.191. The monoisotopic (exact) mass is 332 g/mol. The van der Waals surface area contributed by atoms with Gasteiger partial charge in [-0.3, -0.25) is 5.41 Å². The first-order valence-electron chi connectivity index (χ1n) is 8.41. The number of para-hydroxylation sites is 2. The van der Waals surface area contributed by atoms with Crippen LogP contribution in [0, 0.1) is 12.3 Å². The molecule has 0 unspecified atom stereocenters. The van der Waals surface area contributed by atoms with Crippen molar-refractivity contribution in [3.8, 4) is 0 Å². The molecule has 0 atom stereocenters. The standard InChI is InChI=1S/C20H20N4O/c1-3-23-16-10-5-4-9-15(16)22-20(23)18-17(25)12-24(19(18)21)14-8-6-7-13(2)11-14/h4-11,21,25H,3,12H2,1-2H3. The molecule has 0 spiro atoms. The van der Waals surface area contributed by atoms with Crippen molar-refractivity contribution < 1.29 is 5.11 Å². The second kappa shape index (κ2) is 5.77. The zero-order valence-electron chi connectivity index (χ0n) is 14.3. The van der Waals surface area contributed by atoms with Crippen LogP contribution in [-0.2, 0) is 6.54 Å². The number of fused-ring (bicyclic) bond motifs is 1. The highest BCUT2D eigenvalue weighted by Crippen LogP contribution is 2.32. The highest BCUT2D eigenvalue weighted by molar-refractivity contribution is 6.30. The Balaban J connectivity index is 1.81. The van der Waals surface area contributed by atoms with Crippen molar-refractivity contribution in [2.24, 2.45) is 0 Å². The highest BCUT2D eigenvalue weighted by Gasteiger charge is 2.32. The zero-order chi connectivity index (χ0) is 17.6. The number of rotatable bonds is 3. The first-order valence-corrected chi connectivity index (χ1v) is 8.41. The molecule has 0 aliphatic carbocycles. The lowest BCUT2D eigenvalue weighted by molar-refractivity contribution is 0.411. The fraction of sp³-hybridized carbons (Fsp3) is 0.200. The van der Waals surface area contributed by atoms with Crippen LogP contribution in [-0.4, -0.2) is 27.0 Å². The molecule has 2 heterocycles. The number of anilines is 1. The van der Waals surface area contributed by atoms with Gasteiger partial charge in [0.25, 0.3) is 0 Å². The van der Waals surface area contributed by atoms with Crippen molar-refractivity contribution in [2.75, 3.05) is 11.4 Å². The van der Waals surface area contributed by atoms with E-state index in [0.717, 1.165) is 28.8 Å². The van der Waals surface area contributed by atoms with Gasteiger partial charge in [0.05, 0.1) is 23.2 Å². The Kier molecular flexibility index (Phi) is 3.57. The van der Waals surface area contributed by atoms with Crippen LogP contribution in [0.15, 0.2) is 54.3 Å². The summed E-state index contributed by atoms with van der Waals surface area (Å²) in [5, 5.41) is 19.2.